The van der Waals surface area contributed by atoms with Crippen molar-refractivity contribution in [2.75, 3.05) is 13.6 Å². The molecule has 0 unspecified atom stereocenters. The minimum Gasteiger partial charge on any atom is -0.313 e. The lowest BCUT2D eigenvalue weighted by molar-refractivity contribution is 0.463. The van der Waals surface area contributed by atoms with Crippen molar-refractivity contribution in [2.24, 2.45) is 0 Å². The third-order valence-electron chi connectivity index (χ3n) is 3.61. The first-order valence-electron chi connectivity index (χ1n) is 6.85. The van der Waals surface area contributed by atoms with E-state index in [0.29, 0.717) is 24.2 Å². The number of hydrogen-bond acceptors (Lipinski definition) is 3. The first kappa shape index (κ1) is 15.4. The van der Waals surface area contributed by atoms with Crippen molar-refractivity contribution in [2.45, 2.75) is 44.2 Å². The predicted octanol–water partition coefficient (Wildman–Crippen LogP) is 2.03. The number of nitrogens with one attached hydrogen (secondary N) is 1. The van der Waals surface area contributed by atoms with Crippen molar-refractivity contribution in [1.82, 2.24) is 9.62 Å². The summed E-state index contributed by atoms with van der Waals surface area (Å²) in [4.78, 5) is 0.179. The molecule has 0 bridgehead atoms. The highest BCUT2D eigenvalue weighted by molar-refractivity contribution is 7.89. The Morgan fingerprint density at radius 3 is 2.60 bits per heavy atom. The summed E-state index contributed by atoms with van der Waals surface area (Å²) in [6, 6.07) is 2.96. The standard InChI is InChI=1S/C14H21FN2O2S/c1-4-16-9-11-8-13(7-10(2)14(11)15)20(18,19)17(3)12-5-6-12/h7-8,12,16H,4-6,9H2,1-3H3. The van der Waals surface area contributed by atoms with Crippen LogP contribution in [0.1, 0.15) is 30.9 Å². The van der Waals surface area contributed by atoms with E-state index in [0.717, 1.165) is 12.8 Å². The van der Waals surface area contributed by atoms with Gasteiger partial charge in [-0.15, -0.1) is 0 Å². The number of hydrogen-bond donors (Lipinski definition) is 1. The molecule has 1 aliphatic carbocycles. The number of rotatable bonds is 6. The van der Waals surface area contributed by atoms with Crippen molar-refractivity contribution < 1.29 is 12.8 Å². The SMILES string of the molecule is CCNCc1cc(S(=O)(=O)N(C)C2CC2)cc(C)c1F. The van der Waals surface area contributed by atoms with Gasteiger partial charge in [-0.3, -0.25) is 0 Å². The Kier molecular flexibility index (Phi) is 4.46. The lowest BCUT2D eigenvalue weighted by Gasteiger charge is -2.18. The Balaban J connectivity index is 2.38. The molecule has 2 rings (SSSR count). The molecule has 112 valence electrons. The molecule has 0 heterocycles. The first-order chi connectivity index (χ1) is 9.37. The molecule has 0 spiro atoms. The molecule has 1 saturated carbocycles. The highest BCUT2D eigenvalue weighted by atomic mass is 32.2. The van der Waals surface area contributed by atoms with Crippen LogP contribution in [0.2, 0.25) is 0 Å². The molecule has 1 N–H and O–H groups in total. The zero-order valence-electron chi connectivity index (χ0n) is 12.1. The maximum Gasteiger partial charge on any atom is 0.243 e. The fraction of sp³-hybridized carbons (Fsp3) is 0.571. The Morgan fingerprint density at radius 2 is 2.05 bits per heavy atom. The van der Waals surface area contributed by atoms with Crippen molar-refractivity contribution in [3.63, 3.8) is 0 Å². The summed E-state index contributed by atoms with van der Waals surface area (Å²) in [7, 11) is -1.93. The molecule has 0 aromatic heterocycles. The van der Waals surface area contributed by atoms with Crippen LogP contribution in [0.15, 0.2) is 17.0 Å². The molecule has 1 aromatic rings. The molecule has 0 aliphatic heterocycles. The van der Waals surface area contributed by atoms with E-state index in [1.807, 2.05) is 6.92 Å². The summed E-state index contributed by atoms with van der Waals surface area (Å²) in [5, 5.41) is 3.03. The molecule has 4 nitrogen and oxygen atoms in total. The summed E-state index contributed by atoms with van der Waals surface area (Å²) in [5.74, 6) is -0.334. The van der Waals surface area contributed by atoms with Crippen LogP contribution in [-0.4, -0.2) is 32.4 Å². The molecule has 0 saturated heterocycles. The van der Waals surface area contributed by atoms with Crippen molar-refractivity contribution in [3.05, 3.63) is 29.1 Å². The number of sulfonamides is 1. The van der Waals surface area contributed by atoms with E-state index in [1.54, 1.807) is 14.0 Å². The average molecular weight is 300 g/mol. The Labute approximate surface area is 120 Å². The van der Waals surface area contributed by atoms with Gasteiger partial charge < -0.3 is 5.32 Å². The quantitative estimate of drug-likeness (QED) is 0.874. The molecule has 0 atom stereocenters. The van der Waals surface area contributed by atoms with E-state index in [1.165, 1.54) is 16.4 Å². The Hall–Kier alpha value is -0.980. The number of nitrogens with zero attached hydrogens (tertiary/aromatic N) is 1. The third kappa shape index (κ3) is 3.02. The van der Waals surface area contributed by atoms with Crippen molar-refractivity contribution >= 4 is 10.0 Å². The predicted molar refractivity (Wildman–Crippen MR) is 76.5 cm³/mol. The molecule has 0 radical (unpaired) electrons. The molecule has 0 amide bonds. The largest absolute Gasteiger partial charge is 0.313 e. The number of aryl methyl sites for hydroxylation is 1. The Morgan fingerprint density at radius 1 is 1.40 bits per heavy atom. The van der Waals surface area contributed by atoms with Gasteiger partial charge in [0.25, 0.3) is 0 Å². The number of halogens is 1. The monoisotopic (exact) mass is 300 g/mol. The normalized spacial score (nSPS) is 15.8. The van der Waals surface area contributed by atoms with Gasteiger partial charge in [-0.1, -0.05) is 6.92 Å². The van der Waals surface area contributed by atoms with Gasteiger partial charge >= 0.3 is 0 Å². The van der Waals surface area contributed by atoms with Crippen LogP contribution in [-0.2, 0) is 16.6 Å². The molecule has 1 fully saturated rings. The summed E-state index contributed by atoms with van der Waals surface area (Å²) < 4.78 is 40.4. The highest BCUT2D eigenvalue weighted by Gasteiger charge is 2.35. The summed E-state index contributed by atoms with van der Waals surface area (Å²) in [6.45, 7) is 4.56. The second kappa shape index (κ2) is 5.79. The maximum atomic E-state index is 14.0. The van der Waals surface area contributed by atoms with Gasteiger partial charge in [0.15, 0.2) is 0 Å². The zero-order chi connectivity index (χ0) is 14.9. The molecule has 20 heavy (non-hydrogen) atoms. The van der Waals surface area contributed by atoms with E-state index in [2.05, 4.69) is 5.32 Å². The highest BCUT2D eigenvalue weighted by Crippen LogP contribution is 2.31. The summed E-state index contributed by atoms with van der Waals surface area (Å²) in [6.07, 6.45) is 1.81. The molecular weight excluding hydrogens is 279 g/mol. The van der Waals surface area contributed by atoms with Gasteiger partial charge in [0.2, 0.25) is 10.0 Å². The van der Waals surface area contributed by atoms with Gasteiger partial charge in [0, 0.05) is 25.2 Å². The molecule has 6 heteroatoms. The van der Waals surface area contributed by atoms with E-state index in [-0.39, 0.29) is 16.8 Å². The van der Waals surface area contributed by atoms with Crippen LogP contribution in [0.25, 0.3) is 0 Å². The third-order valence-corrected chi connectivity index (χ3v) is 5.49. The van der Waals surface area contributed by atoms with Crippen molar-refractivity contribution in [3.8, 4) is 0 Å². The second-order valence-electron chi connectivity index (χ2n) is 5.25. The van der Waals surface area contributed by atoms with Crippen LogP contribution in [0.3, 0.4) is 0 Å². The summed E-state index contributed by atoms with van der Waals surface area (Å²) >= 11 is 0. The van der Waals surface area contributed by atoms with Gasteiger partial charge in [0.05, 0.1) is 4.90 Å². The molecular formula is C14H21FN2O2S. The minimum absolute atomic E-state index is 0.0996. The van der Waals surface area contributed by atoms with E-state index in [9.17, 15) is 12.8 Å². The Bertz CT molecular complexity index is 597. The molecule has 1 aromatic carbocycles. The summed E-state index contributed by atoms with van der Waals surface area (Å²) in [5.41, 5.74) is 0.762. The fourth-order valence-electron chi connectivity index (χ4n) is 2.14. The minimum atomic E-state index is -3.52. The van der Waals surface area contributed by atoms with Gasteiger partial charge in [0.1, 0.15) is 5.82 Å². The van der Waals surface area contributed by atoms with Gasteiger partial charge in [-0.05, 0) is 44.0 Å². The van der Waals surface area contributed by atoms with Crippen LogP contribution >= 0.6 is 0 Å². The van der Waals surface area contributed by atoms with E-state index >= 15 is 0 Å². The van der Waals surface area contributed by atoms with E-state index in [4.69, 9.17) is 0 Å². The van der Waals surface area contributed by atoms with Gasteiger partial charge in [-0.2, -0.15) is 4.31 Å². The van der Waals surface area contributed by atoms with Crippen molar-refractivity contribution in [1.29, 1.82) is 0 Å². The van der Waals surface area contributed by atoms with Gasteiger partial charge in [-0.25, -0.2) is 12.8 Å². The fourth-order valence-corrected chi connectivity index (χ4v) is 3.70. The first-order valence-corrected chi connectivity index (χ1v) is 8.29. The number of benzene rings is 1. The topological polar surface area (TPSA) is 49.4 Å². The van der Waals surface area contributed by atoms with Crippen LogP contribution in [0.5, 0.6) is 0 Å². The maximum absolute atomic E-state index is 14.0. The van der Waals surface area contributed by atoms with Crippen LogP contribution < -0.4 is 5.32 Å². The lowest BCUT2D eigenvalue weighted by Crippen LogP contribution is -2.29. The van der Waals surface area contributed by atoms with Crippen LogP contribution in [0.4, 0.5) is 4.39 Å². The molecule has 1 aliphatic rings. The zero-order valence-corrected chi connectivity index (χ0v) is 12.9. The smallest absolute Gasteiger partial charge is 0.243 e. The average Bonchev–Trinajstić information content (AvgIpc) is 3.23. The van der Waals surface area contributed by atoms with E-state index < -0.39 is 10.0 Å². The van der Waals surface area contributed by atoms with Crippen LogP contribution in [0, 0.1) is 12.7 Å². The lowest BCUT2D eigenvalue weighted by atomic mass is 10.1. The second-order valence-corrected chi connectivity index (χ2v) is 7.24.